The van der Waals surface area contributed by atoms with E-state index in [-0.39, 0.29) is 19.5 Å². The van der Waals surface area contributed by atoms with Crippen LogP contribution in [0.15, 0.2) is 0 Å². The molecule has 1 N–H and O–H groups in total. The van der Waals surface area contributed by atoms with Gasteiger partial charge in [-0.3, -0.25) is 4.79 Å². The van der Waals surface area contributed by atoms with E-state index in [0.29, 0.717) is 0 Å². The van der Waals surface area contributed by atoms with E-state index < -0.39 is 10.8 Å². The third-order valence-electron chi connectivity index (χ3n) is 0.340. The van der Waals surface area contributed by atoms with E-state index in [2.05, 4.69) is 15.9 Å². The van der Waals surface area contributed by atoms with Crippen molar-refractivity contribution in [1.29, 1.82) is 0 Å². The Morgan fingerprint density at radius 3 is 2.00 bits per heavy atom. The molecule has 0 amide bonds. The fraction of sp³-hybridized carbons (Fsp3) is 0.667. The summed E-state index contributed by atoms with van der Waals surface area (Å²) in [5.74, 6) is -0.824. The van der Waals surface area contributed by atoms with Gasteiger partial charge in [0.1, 0.15) is 4.83 Å². The second-order valence-corrected chi connectivity index (χ2v) is 2.33. The first-order valence-corrected chi connectivity index (χ1v) is 2.43. The molecule has 4 heteroatoms. The topological polar surface area (TPSA) is 37.3 Å². The standard InChI is InChI=1S/C3H5BrO2.Zn/c1-2(4)3(5)6;/h2H,1H3,(H,5,6);. The minimum atomic E-state index is -0.824. The summed E-state index contributed by atoms with van der Waals surface area (Å²) in [7, 11) is 0. The number of hydrogen-bond donors (Lipinski definition) is 1. The number of alkyl halides is 1. The van der Waals surface area contributed by atoms with Crippen LogP contribution in [-0.4, -0.2) is 15.9 Å². The summed E-state index contributed by atoms with van der Waals surface area (Å²) in [5, 5.41) is 7.94. The molecule has 0 radical (unpaired) electrons. The van der Waals surface area contributed by atoms with Gasteiger partial charge in [-0.2, -0.15) is 0 Å². The quantitative estimate of drug-likeness (QED) is 0.523. The van der Waals surface area contributed by atoms with Gasteiger partial charge < -0.3 is 5.11 Å². The van der Waals surface area contributed by atoms with Crippen molar-refractivity contribution in [1.82, 2.24) is 0 Å². The van der Waals surface area contributed by atoms with Crippen molar-refractivity contribution in [2.24, 2.45) is 0 Å². The van der Waals surface area contributed by atoms with Crippen LogP contribution in [0, 0.1) is 0 Å². The zero-order chi connectivity index (χ0) is 5.15. The molecule has 0 spiro atoms. The molecule has 0 heterocycles. The maximum absolute atomic E-state index is 9.65. The van der Waals surface area contributed by atoms with Crippen LogP contribution in [-0.2, 0) is 24.3 Å². The van der Waals surface area contributed by atoms with Crippen molar-refractivity contribution in [3.63, 3.8) is 0 Å². The van der Waals surface area contributed by atoms with Crippen LogP contribution in [0.25, 0.3) is 0 Å². The van der Waals surface area contributed by atoms with E-state index in [4.69, 9.17) is 5.11 Å². The first-order valence-electron chi connectivity index (χ1n) is 1.51. The van der Waals surface area contributed by atoms with Gasteiger partial charge in [0, 0.05) is 19.5 Å². The summed E-state index contributed by atoms with van der Waals surface area (Å²) in [6.07, 6.45) is 0. The third-order valence-corrected chi connectivity index (χ3v) is 0.732. The summed E-state index contributed by atoms with van der Waals surface area (Å²) < 4.78 is 0. The molecule has 0 aliphatic carbocycles. The fourth-order valence-corrected chi connectivity index (χ4v) is 0. The summed E-state index contributed by atoms with van der Waals surface area (Å²) in [4.78, 5) is 9.23. The Balaban J connectivity index is 0. The zero-order valence-electron chi connectivity index (χ0n) is 4.02. The van der Waals surface area contributed by atoms with Crippen molar-refractivity contribution >= 4 is 21.9 Å². The molecule has 0 aromatic rings. The molecular weight excluding hydrogens is 213 g/mol. The van der Waals surface area contributed by atoms with Gasteiger partial charge in [-0.05, 0) is 6.92 Å². The first kappa shape index (κ1) is 10.5. The summed E-state index contributed by atoms with van der Waals surface area (Å²) in [6.45, 7) is 1.56. The van der Waals surface area contributed by atoms with E-state index >= 15 is 0 Å². The van der Waals surface area contributed by atoms with Crippen molar-refractivity contribution in [3.05, 3.63) is 0 Å². The number of carboxylic acid groups (broad SMARTS) is 1. The molecular formula is C3H5BrO2Zn. The molecule has 0 saturated carbocycles. The SMILES string of the molecule is CC(Br)C(=O)O.[Zn]. The molecule has 0 aliphatic rings. The molecule has 0 fully saturated rings. The fourth-order valence-electron chi connectivity index (χ4n) is 0. The van der Waals surface area contributed by atoms with Crippen LogP contribution in [0.2, 0.25) is 0 Å². The van der Waals surface area contributed by atoms with Gasteiger partial charge in [-0.15, -0.1) is 0 Å². The average molecular weight is 218 g/mol. The molecule has 0 rings (SSSR count). The molecule has 0 aromatic carbocycles. The Morgan fingerprint density at radius 2 is 2.00 bits per heavy atom. The predicted octanol–water partition coefficient (Wildman–Crippen LogP) is 0.852. The molecule has 7 heavy (non-hydrogen) atoms. The first-order chi connectivity index (χ1) is 2.64. The van der Waals surface area contributed by atoms with Gasteiger partial charge in [0.2, 0.25) is 0 Å². The summed E-state index contributed by atoms with van der Waals surface area (Å²) in [6, 6.07) is 0. The van der Waals surface area contributed by atoms with Gasteiger partial charge in [-0.25, -0.2) is 0 Å². The molecule has 0 bridgehead atoms. The number of hydrogen-bond acceptors (Lipinski definition) is 1. The Bertz CT molecular complexity index is 64.0. The number of carbonyl (C=O) groups is 1. The van der Waals surface area contributed by atoms with Gasteiger partial charge in [0.15, 0.2) is 0 Å². The maximum Gasteiger partial charge on any atom is 0.316 e. The predicted molar refractivity (Wildman–Crippen MR) is 26.0 cm³/mol. The Labute approximate surface area is 63.2 Å². The van der Waals surface area contributed by atoms with Crippen molar-refractivity contribution < 1.29 is 29.4 Å². The van der Waals surface area contributed by atoms with E-state index in [1.165, 1.54) is 0 Å². The van der Waals surface area contributed by atoms with E-state index in [9.17, 15) is 4.79 Å². The minimum absolute atomic E-state index is 0. The van der Waals surface area contributed by atoms with Crippen LogP contribution in [0.4, 0.5) is 0 Å². The number of carboxylic acids is 1. The molecule has 0 saturated heterocycles. The molecule has 0 aliphatic heterocycles. The molecule has 38 valence electrons. The van der Waals surface area contributed by atoms with Gasteiger partial charge >= 0.3 is 5.97 Å². The second kappa shape index (κ2) is 4.73. The molecule has 1 unspecified atom stereocenters. The average Bonchev–Trinajstić information content (AvgIpc) is 1.36. The van der Waals surface area contributed by atoms with Crippen LogP contribution < -0.4 is 0 Å². The van der Waals surface area contributed by atoms with Crippen molar-refractivity contribution in [3.8, 4) is 0 Å². The minimum Gasteiger partial charge on any atom is -0.480 e. The van der Waals surface area contributed by atoms with Crippen LogP contribution in [0.3, 0.4) is 0 Å². The molecule has 0 aromatic heterocycles. The Hall–Kier alpha value is 0.573. The van der Waals surface area contributed by atoms with Crippen molar-refractivity contribution in [2.75, 3.05) is 0 Å². The number of aliphatic carboxylic acids is 1. The van der Waals surface area contributed by atoms with Gasteiger partial charge in [-0.1, -0.05) is 15.9 Å². The monoisotopic (exact) mass is 216 g/mol. The van der Waals surface area contributed by atoms with Crippen LogP contribution >= 0.6 is 15.9 Å². The van der Waals surface area contributed by atoms with Crippen LogP contribution in [0.1, 0.15) is 6.92 Å². The van der Waals surface area contributed by atoms with E-state index in [1.807, 2.05) is 0 Å². The smallest absolute Gasteiger partial charge is 0.316 e. The molecule has 2 nitrogen and oxygen atoms in total. The van der Waals surface area contributed by atoms with E-state index in [0.717, 1.165) is 0 Å². The normalized spacial score (nSPS) is 11.7. The largest absolute Gasteiger partial charge is 0.480 e. The van der Waals surface area contributed by atoms with Crippen LogP contribution in [0.5, 0.6) is 0 Å². The number of rotatable bonds is 1. The number of halogens is 1. The third kappa shape index (κ3) is 6.57. The van der Waals surface area contributed by atoms with Gasteiger partial charge in [0.05, 0.1) is 0 Å². The van der Waals surface area contributed by atoms with Crippen molar-refractivity contribution in [2.45, 2.75) is 11.8 Å². The summed E-state index contributed by atoms with van der Waals surface area (Å²) in [5.41, 5.74) is 0. The van der Waals surface area contributed by atoms with E-state index in [1.54, 1.807) is 6.92 Å². The van der Waals surface area contributed by atoms with Gasteiger partial charge in [0.25, 0.3) is 0 Å². The second-order valence-electron chi connectivity index (χ2n) is 0.954. The zero-order valence-corrected chi connectivity index (χ0v) is 8.57. The summed E-state index contributed by atoms with van der Waals surface area (Å²) >= 11 is 2.84. The Kier molecular flexibility index (Phi) is 7.11. The maximum atomic E-state index is 9.65. The molecule has 1 atom stereocenters. The Morgan fingerprint density at radius 1 is 1.86 bits per heavy atom.